The number of nitrogens with zero attached hydrogens (tertiary/aromatic N) is 1. The number of aromatic nitrogens is 1. The molecule has 0 aliphatic heterocycles. The molecule has 0 atom stereocenters. The molecule has 1 N–H and O–H groups in total. The van der Waals surface area contributed by atoms with Crippen molar-refractivity contribution in [3.8, 4) is 0 Å². The molecule has 0 fully saturated rings. The number of hydrogen-bond acceptors (Lipinski definition) is 3. The van der Waals surface area contributed by atoms with Crippen molar-refractivity contribution < 1.29 is 8.42 Å². The van der Waals surface area contributed by atoms with E-state index in [-0.39, 0.29) is 0 Å². The minimum absolute atomic E-state index is 0.447. The summed E-state index contributed by atoms with van der Waals surface area (Å²) in [7, 11) is -3.58. The number of hydrogen-bond donors (Lipinski definition) is 1. The van der Waals surface area contributed by atoms with Gasteiger partial charge in [0.25, 0.3) is 11.5 Å². The molecule has 0 bridgehead atoms. The predicted molar refractivity (Wildman–Crippen MR) is 66.3 cm³/mol. The van der Waals surface area contributed by atoms with Gasteiger partial charge in [-0.1, -0.05) is 0 Å². The van der Waals surface area contributed by atoms with Gasteiger partial charge in [0, 0.05) is 12.4 Å². The summed E-state index contributed by atoms with van der Waals surface area (Å²) in [5.74, 6) is 0. The maximum atomic E-state index is 11.5. The molecule has 1 aromatic rings. The van der Waals surface area contributed by atoms with E-state index in [1.807, 2.05) is 0 Å². The van der Waals surface area contributed by atoms with Crippen molar-refractivity contribution in [1.29, 1.82) is 0 Å². The molecule has 1 heterocycles. The molecule has 0 aliphatic rings. The van der Waals surface area contributed by atoms with Gasteiger partial charge >= 0.3 is 0 Å². The van der Waals surface area contributed by atoms with Crippen molar-refractivity contribution in [2.75, 3.05) is 4.72 Å². The summed E-state index contributed by atoms with van der Waals surface area (Å²) < 4.78 is 24.1. The van der Waals surface area contributed by atoms with Gasteiger partial charge in [-0.2, -0.15) is 0 Å². The number of rotatable bonds is 2. The van der Waals surface area contributed by atoms with Crippen molar-refractivity contribution in [3.63, 3.8) is 0 Å². The zero-order valence-electron chi connectivity index (χ0n) is 6.62. The van der Waals surface area contributed by atoms with Gasteiger partial charge in [0.15, 0.2) is 0 Å². The summed E-state index contributed by atoms with van der Waals surface area (Å²) >= 11 is 8.77. The quantitative estimate of drug-likeness (QED) is 0.765. The molecule has 1 rings (SSSR count). The van der Waals surface area contributed by atoms with Gasteiger partial charge in [-0.25, -0.2) is 8.42 Å². The number of pyridine rings is 1. The Morgan fingerprint density at radius 2 is 1.71 bits per heavy atom. The third kappa shape index (κ3) is 3.18. The second-order valence-corrected chi connectivity index (χ2v) is 12.4. The first-order chi connectivity index (χ1) is 6.33. The van der Waals surface area contributed by atoms with Crippen LogP contribution < -0.4 is 4.72 Å². The van der Waals surface area contributed by atoms with Gasteiger partial charge in [0.2, 0.25) is 0 Å². The van der Waals surface area contributed by atoms with Crippen LogP contribution in [-0.4, -0.2) is 14.9 Å². The van der Waals surface area contributed by atoms with E-state index in [2.05, 4.69) is 57.5 Å². The Kier molecular flexibility index (Phi) is 3.95. The molecular formula is C6H5Br3N2O2S. The van der Waals surface area contributed by atoms with Crippen LogP contribution in [0.1, 0.15) is 0 Å². The van der Waals surface area contributed by atoms with Crippen LogP contribution in [0.15, 0.2) is 24.5 Å². The highest BCUT2D eigenvalue weighted by Crippen LogP contribution is 2.39. The summed E-state index contributed by atoms with van der Waals surface area (Å²) in [5.41, 5.74) is 0.447. The molecule has 0 saturated heterocycles. The molecule has 78 valence electrons. The van der Waals surface area contributed by atoms with Gasteiger partial charge in [-0.3, -0.25) is 9.71 Å². The SMILES string of the molecule is O=S(=O)(Nc1ccncc1)C(Br)(Br)Br. The average molecular weight is 409 g/mol. The minimum Gasteiger partial charge on any atom is -0.281 e. The van der Waals surface area contributed by atoms with Gasteiger partial charge in [-0.05, 0) is 59.9 Å². The fourth-order valence-corrected chi connectivity index (χ4v) is 1.92. The van der Waals surface area contributed by atoms with Crippen molar-refractivity contribution in [1.82, 2.24) is 4.98 Å². The van der Waals surface area contributed by atoms with E-state index in [0.29, 0.717) is 5.69 Å². The zero-order valence-corrected chi connectivity index (χ0v) is 12.2. The Morgan fingerprint density at radius 3 is 2.14 bits per heavy atom. The van der Waals surface area contributed by atoms with Crippen LogP contribution in [0.2, 0.25) is 0 Å². The van der Waals surface area contributed by atoms with E-state index in [0.717, 1.165) is 0 Å². The lowest BCUT2D eigenvalue weighted by Crippen LogP contribution is -2.25. The molecule has 0 amide bonds. The molecule has 1 aromatic heterocycles. The van der Waals surface area contributed by atoms with Gasteiger partial charge in [0.1, 0.15) is 0 Å². The maximum Gasteiger partial charge on any atom is 0.269 e. The summed E-state index contributed by atoms with van der Waals surface area (Å²) in [5, 5.41) is 0. The first-order valence-electron chi connectivity index (χ1n) is 3.32. The lowest BCUT2D eigenvalue weighted by atomic mass is 10.4. The highest BCUT2D eigenvalue weighted by atomic mass is 80.0. The fraction of sp³-hybridized carbons (Fsp3) is 0.167. The van der Waals surface area contributed by atoms with Gasteiger partial charge in [-0.15, -0.1) is 0 Å². The predicted octanol–water partition coefficient (Wildman–Crippen LogP) is 2.62. The van der Waals surface area contributed by atoms with Crippen LogP contribution in [0.4, 0.5) is 5.69 Å². The zero-order chi connectivity index (χ0) is 10.8. The van der Waals surface area contributed by atoms with Crippen molar-refractivity contribution >= 4 is 63.5 Å². The number of alkyl halides is 3. The molecule has 0 spiro atoms. The van der Waals surface area contributed by atoms with Crippen LogP contribution in [0.3, 0.4) is 0 Å². The number of sulfonamides is 1. The average Bonchev–Trinajstić information content (AvgIpc) is 2.03. The van der Waals surface area contributed by atoms with Crippen LogP contribution in [0.25, 0.3) is 0 Å². The summed E-state index contributed by atoms with van der Waals surface area (Å²) in [6, 6.07) is 3.10. The van der Waals surface area contributed by atoms with Crippen molar-refractivity contribution in [3.05, 3.63) is 24.5 Å². The van der Waals surface area contributed by atoms with E-state index >= 15 is 0 Å². The number of nitrogens with one attached hydrogen (secondary N) is 1. The highest BCUT2D eigenvalue weighted by Gasteiger charge is 2.35. The van der Waals surface area contributed by atoms with E-state index in [4.69, 9.17) is 0 Å². The van der Waals surface area contributed by atoms with Crippen molar-refractivity contribution in [2.24, 2.45) is 0 Å². The van der Waals surface area contributed by atoms with Crippen LogP contribution >= 0.6 is 47.8 Å². The molecule has 0 radical (unpaired) electrons. The van der Waals surface area contributed by atoms with Gasteiger partial charge < -0.3 is 0 Å². The number of halogens is 3. The van der Waals surface area contributed by atoms with Crippen LogP contribution in [-0.2, 0) is 10.0 Å². The fourth-order valence-electron chi connectivity index (χ4n) is 0.633. The smallest absolute Gasteiger partial charge is 0.269 e. The molecule has 0 saturated carbocycles. The van der Waals surface area contributed by atoms with Crippen LogP contribution in [0, 0.1) is 0 Å². The second kappa shape index (κ2) is 4.46. The lowest BCUT2D eigenvalue weighted by molar-refractivity contribution is 0.604. The topological polar surface area (TPSA) is 59.1 Å². The molecule has 8 heteroatoms. The summed E-state index contributed by atoms with van der Waals surface area (Å²) in [6.45, 7) is 0. The lowest BCUT2D eigenvalue weighted by Gasteiger charge is -2.14. The first-order valence-corrected chi connectivity index (χ1v) is 7.18. The highest BCUT2D eigenvalue weighted by molar-refractivity contribution is 9.42. The first kappa shape index (κ1) is 12.4. The third-order valence-corrected chi connectivity index (χ3v) is 6.19. The Hall–Kier alpha value is 0.340. The third-order valence-electron chi connectivity index (χ3n) is 1.24. The Bertz CT molecular complexity index is 401. The Labute approximate surface area is 107 Å². The standard InChI is InChI=1S/C6H5Br3N2O2S/c7-6(8,9)14(12,13)11-5-1-3-10-4-2-5/h1-4H,(H,10,11). The van der Waals surface area contributed by atoms with E-state index in [1.54, 1.807) is 12.1 Å². The van der Waals surface area contributed by atoms with E-state index in [1.165, 1.54) is 12.4 Å². The van der Waals surface area contributed by atoms with Gasteiger partial charge in [0.05, 0.1) is 5.69 Å². The van der Waals surface area contributed by atoms with Crippen LogP contribution in [0.5, 0.6) is 0 Å². The molecule has 14 heavy (non-hydrogen) atoms. The Balaban J connectivity index is 2.91. The molecule has 0 aliphatic carbocycles. The van der Waals surface area contributed by atoms with Crippen molar-refractivity contribution in [2.45, 2.75) is 1.47 Å². The monoisotopic (exact) mass is 406 g/mol. The molecule has 0 aromatic carbocycles. The number of anilines is 1. The minimum atomic E-state index is -3.58. The van der Waals surface area contributed by atoms with E-state index in [9.17, 15) is 8.42 Å². The summed E-state index contributed by atoms with van der Waals surface area (Å²) in [4.78, 5) is 3.77. The molecule has 0 unspecified atom stereocenters. The second-order valence-electron chi connectivity index (χ2n) is 2.29. The molecule has 4 nitrogen and oxygen atoms in total. The normalized spacial score (nSPS) is 12.5. The Morgan fingerprint density at radius 1 is 1.21 bits per heavy atom. The molecular weight excluding hydrogens is 404 g/mol. The van der Waals surface area contributed by atoms with E-state index < -0.39 is 11.5 Å². The largest absolute Gasteiger partial charge is 0.281 e. The maximum absolute atomic E-state index is 11.5. The summed E-state index contributed by atoms with van der Waals surface area (Å²) in [6.07, 6.45) is 2.99.